The number of thiol groups is 1. The van der Waals surface area contributed by atoms with Gasteiger partial charge in [-0.3, -0.25) is 0 Å². The molecule has 1 aliphatic heterocycles. The van der Waals surface area contributed by atoms with Crippen molar-refractivity contribution in [2.45, 2.75) is 37.9 Å². The fraction of sp³-hybridized carbons (Fsp3) is 1.00. The van der Waals surface area contributed by atoms with Gasteiger partial charge in [0, 0.05) is 0 Å². The summed E-state index contributed by atoms with van der Waals surface area (Å²) in [5.41, 5.74) is 0. The summed E-state index contributed by atoms with van der Waals surface area (Å²) in [6.45, 7) is 1.62. The Bertz CT molecular complexity index is 332. The van der Waals surface area contributed by atoms with E-state index in [0.29, 0.717) is 6.42 Å². The van der Waals surface area contributed by atoms with Crippen LogP contribution >= 0.6 is 0 Å². The predicted molar refractivity (Wildman–Crippen MR) is 55.6 cm³/mol. The van der Waals surface area contributed by atoms with Crippen LogP contribution in [-0.4, -0.2) is 29.6 Å². The third kappa shape index (κ3) is 3.22. The summed E-state index contributed by atoms with van der Waals surface area (Å²) in [6.07, 6.45) is 3.13. The highest BCUT2D eigenvalue weighted by Crippen LogP contribution is 2.34. The normalized spacial score (nSPS) is 26.5. The van der Waals surface area contributed by atoms with Crippen molar-refractivity contribution in [1.29, 1.82) is 0 Å². The van der Waals surface area contributed by atoms with Crippen molar-refractivity contribution in [1.82, 2.24) is 0 Å². The summed E-state index contributed by atoms with van der Waals surface area (Å²) in [5.74, 6) is 0. The lowest BCUT2D eigenvalue weighted by Gasteiger charge is -2.35. The highest BCUT2D eigenvalue weighted by molar-refractivity contribution is 8.14. The van der Waals surface area contributed by atoms with E-state index < -0.39 is 32.8 Å². The minimum Gasteiger partial charge on any atom is -0.395 e. The molecule has 8 heteroatoms. The average molecular weight is 260 g/mol. The molecule has 1 aliphatic rings. The molecule has 0 aromatic heterocycles. The van der Waals surface area contributed by atoms with Gasteiger partial charge in [-0.25, -0.2) is 4.21 Å². The zero-order valence-electron chi connectivity index (χ0n) is 8.46. The van der Waals surface area contributed by atoms with E-state index in [9.17, 15) is 12.6 Å². The van der Waals surface area contributed by atoms with Gasteiger partial charge in [-0.15, -0.1) is 7.26 Å². The van der Waals surface area contributed by atoms with E-state index in [0.717, 1.165) is 19.3 Å². The van der Waals surface area contributed by atoms with Crippen LogP contribution in [0.1, 0.15) is 32.6 Å². The van der Waals surface area contributed by atoms with Gasteiger partial charge in [0.25, 0.3) is 0 Å². The first-order valence-corrected chi connectivity index (χ1v) is 7.76. The lowest BCUT2D eigenvalue weighted by molar-refractivity contribution is 0.251. The number of hydrogen-bond acceptors (Lipinski definition) is 6. The maximum atomic E-state index is 11.6. The number of hydrogen-bond donors (Lipinski definition) is 2. The number of aliphatic hydroxyl groups excluding tert-OH is 1. The van der Waals surface area contributed by atoms with Crippen LogP contribution in [-0.2, 0) is 28.2 Å². The standard InChI is InChI=1S/C7H16O6S2/c1-2-3-4-5-7(6-8)14(9)12-15(10,11)13-14/h7-8,14H,2-6H2,1H3. The van der Waals surface area contributed by atoms with Gasteiger partial charge >= 0.3 is 10.4 Å². The van der Waals surface area contributed by atoms with Crippen molar-refractivity contribution in [2.75, 3.05) is 6.61 Å². The molecule has 1 rings (SSSR count). The number of rotatable bonds is 6. The van der Waals surface area contributed by atoms with E-state index in [-0.39, 0.29) is 0 Å². The second kappa shape index (κ2) is 4.88. The maximum absolute atomic E-state index is 11.6. The van der Waals surface area contributed by atoms with Crippen LogP contribution in [0.15, 0.2) is 0 Å². The lowest BCUT2D eigenvalue weighted by Crippen LogP contribution is -2.47. The van der Waals surface area contributed by atoms with Crippen LogP contribution < -0.4 is 0 Å². The molecule has 0 radical (unpaired) electrons. The van der Waals surface area contributed by atoms with Crippen LogP contribution in [0, 0.1) is 0 Å². The Balaban J connectivity index is 2.49. The summed E-state index contributed by atoms with van der Waals surface area (Å²) in [7, 11) is -7.65. The Morgan fingerprint density at radius 2 is 1.93 bits per heavy atom. The van der Waals surface area contributed by atoms with Crippen LogP contribution in [0.4, 0.5) is 0 Å². The lowest BCUT2D eigenvalue weighted by atomic mass is 10.2. The molecule has 0 aliphatic carbocycles. The Labute approximate surface area is 90.7 Å². The molecule has 6 nitrogen and oxygen atoms in total. The van der Waals surface area contributed by atoms with Crippen molar-refractivity contribution in [3.63, 3.8) is 0 Å². The molecule has 15 heavy (non-hydrogen) atoms. The van der Waals surface area contributed by atoms with Gasteiger partial charge in [0.1, 0.15) is 10.5 Å². The van der Waals surface area contributed by atoms with Crippen LogP contribution in [0.2, 0.25) is 0 Å². The zero-order valence-corrected chi connectivity index (χ0v) is 10.2. The van der Waals surface area contributed by atoms with Crippen LogP contribution in [0.25, 0.3) is 0 Å². The fourth-order valence-electron chi connectivity index (χ4n) is 1.36. The second-order valence-electron chi connectivity index (χ2n) is 3.43. The highest BCUT2D eigenvalue weighted by Gasteiger charge is 2.46. The first-order chi connectivity index (χ1) is 6.93. The first-order valence-electron chi connectivity index (χ1n) is 4.81. The smallest absolute Gasteiger partial charge is 0.395 e. The van der Waals surface area contributed by atoms with Gasteiger partial charge < -0.3 is 5.11 Å². The van der Waals surface area contributed by atoms with Crippen LogP contribution in [0.5, 0.6) is 0 Å². The summed E-state index contributed by atoms with van der Waals surface area (Å²) in [6, 6.07) is 0. The molecule has 1 N–H and O–H groups in total. The monoisotopic (exact) mass is 260 g/mol. The van der Waals surface area contributed by atoms with Gasteiger partial charge in [-0.05, 0) is 6.42 Å². The van der Waals surface area contributed by atoms with Crippen molar-refractivity contribution < 1.29 is 25.0 Å². The largest absolute Gasteiger partial charge is 0.426 e. The third-order valence-corrected chi connectivity index (χ3v) is 6.63. The summed E-state index contributed by atoms with van der Waals surface area (Å²) >= 11 is 0. The topological polar surface area (TPSA) is 89.9 Å². The van der Waals surface area contributed by atoms with E-state index in [1.165, 1.54) is 0 Å². The van der Waals surface area contributed by atoms with Gasteiger partial charge in [0.15, 0.2) is 0 Å². The number of unbranched alkanes of at least 4 members (excludes halogenated alkanes) is 2. The third-order valence-electron chi connectivity index (χ3n) is 2.19. The van der Waals surface area contributed by atoms with Gasteiger partial charge in [-0.1, -0.05) is 26.2 Å². The van der Waals surface area contributed by atoms with Crippen molar-refractivity contribution >= 4 is 20.9 Å². The average Bonchev–Trinajstić information content (AvgIpc) is 2.08. The Hall–Kier alpha value is -0.0200. The molecular formula is C7H16O6S2. The molecule has 0 spiro atoms. The molecule has 0 saturated carbocycles. The van der Waals surface area contributed by atoms with Gasteiger partial charge in [0.2, 0.25) is 0 Å². The molecule has 0 aromatic rings. The van der Waals surface area contributed by atoms with Gasteiger partial charge in [0.05, 0.1) is 11.9 Å². The van der Waals surface area contributed by atoms with Crippen molar-refractivity contribution in [2.24, 2.45) is 0 Å². The van der Waals surface area contributed by atoms with E-state index >= 15 is 0 Å². The molecule has 92 valence electrons. The Kier molecular flexibility index (Phi) is 4.24. The maximum Gasteiger partial charge on any atom is 0.426 e. The van der Waals surface area contributed by atoms with Crippen molar-refractivity contribution in [3.05, 3.63) is 0 Å². The van der Waals surface area contributed by atoms with Gasteiger partial charge in [-0.2, -0.15) is 8.42 Å². The minimum absolute atomic E-state index is 0.392. The van der Waals surface area contributed by atoms with E-state index in [4.69, 9.17) is 5.11 Å². The zero-order chi connectivity index (χ0) is 11.5. The fourth-order valence-corrected chi connectivity index (χ4v) is 5.11. The summed E-state index contributed by atoms with van der Waals surface area (Å²) < 4.78 is 41.2. The van der Waals surface area contributed by atoms with Crippen molar-refractivity contribution in [3.8, 4) is 0 Å². The van der Waals surface area contributed by atoms with E-state index in [2.05, 4.69) is 7.26 Å². The van der Waals surface area contributed by atoms with Crippen LogP contribution in [0.3, 0.4) is 0 Å². The number of aliphatic hydroxyl groups is 1. The SMILES string of the molecule is CCCCCC(CO)[SH]1(=O)OS(=O)(=O)O1. The predicted octanol–water partition coefficient (Wildman–Crippen LogP) is 0.0659. The van der Waals surface area contributed by atoms with E-state index in [1.54, 1.807) is 0 Å². The first kappa shape index (κ1) is 13.0. The summed E-state index contributed by atoms with van der Waals surface area (Å²) in [5, 5.41) is 8.24. The summed E-state index contributed by atoms with van der Waals surface area (Å²) in [4.78, 5) is 0. The van der Waals surface area contributed by atoms with E-state index in [1.807, 2.05) is 6.92 Å². The minimum atomic E-state index is -4.05. The molecule has 0 bridgehead atoms. The molecule has 0 amide bonds. The Morgan fingerprint density at radius 1 is 1.33 bits per heavy atom. The molecule has 1 saturated heterocycles. The second-order valence-corrected chi connectivity index (χ2v) is 7.25. The molecule has 1 heterocycles. The quantitative estimate of drug-likeness (QED) is 0.519. The molecule has 0 aromatic carbocycles. The Morgan fingerprint density at radius 3 is 2.33 bits per heavy atom. The molecular weight excluding hydrogens is 244 g/mol. The molecule has 1 fully saturated rings. The molecule has 1 unspecified atom stereocenters. The molecule has 1 atom stereocenters. The highest BCUT2D eigenvalue weighted by atomic mass is 32.4.